The lowest BCUT2D eigenvalue weighted by atomic mass is 10.1. The van der Waals surface area contributed by atoms with Crippen LogP contribution in [0.5, 0.6) is 5.75 Å². The Bertz CT molecular complexity index is 817. The molecule has 6 heteroatoms. The van der Waals surface area contributed by atoms with Gasteiger partial charge in [-0.1, -0.05) is 34.1 Å². The van der Waals surface area contributed by atoms with E-state index in [9.17, 15) is 4.79 Å². The van der Waals surface area contributed by atoms with Crippen LogP contribution < -0.4 is 10.1 Å². The highest BCUT2D eigenvalue weighted by Crippen LogP contribution is 2.17. The number of imidazole rings is 1. The summed E-state index contributed by atoms with van der Waals surface area (Å²) >= 11 is 3.39. The van der Waals surface area contributed by atoms with E-state index in [0.717, 1.165) is 22.3 Å². The highest BCUT2D eigenvalue weighted by Gasteiger charge is 2.05. The minimum absolute atomic E-state index is 0.105. The molecule has 0 atom stereocenters. The second kappa shape index (κ2) is 8.48. The Morgan fingerprint density at radius 1 is 1.20 bits per heavy atom. The van der Waals surface area contributed by atoms with E-state index in [2.05, 4.69) is 26.2 Å². The summed E-state index contributed by atoms with van der Waals surface area (Å²) < 4.78 is 8.54. The molecule has 0 aliphatic rings. The molecule has 0 spiro atoms. The smallest absolute Gasteiger partial charge is 0.251 e. The maximum Gasteiger partial charge on any atom is 0.251 e. The van der Waals surface area contributed by atoms with Crippen LogP contribution in [-0.4, -0.2) is 28.6 Å². The lowest BCUT2D eigenvalue weighted by Crippen LogP contribution is -2.28. The molecule has 1 N–H and O–H groups in total. The van der Waals surface area contributed by atoms with Crippen molar-refractivity contribution in [1.82, 2.24) is 14.9 Å². The second-order valence-electron chi connectivity index (χ2n) is 5.49. The summed E-state index contributed by atoms with van der Waals surface area (Å²) in [6, 6.07) is 15.2. The van der Waals surface area contributed by atoms with Gasteiger partial charge in [-0.15, -0.1) is 0 Å². The summed E-state index contributed by atoms with van der Waals surface area (Å²) in [6.45, 7) is 1.60. The van der Waals surface area contributed by atoms with Gasteiger partial charge in [0.05, 0.1) is 12.9 Å². The number of rotatable bonds is 7. The molecule has 3 rings (SSSR count). The minimum atomic E-state index is -0.105. The highest BCUT2D eigenvalue weighted by molar-refractivity contribution is 9.10. The van der Waals surface area contributed by atoms with Gasteiger partial charge in [0, 0.05) is 29.0 Å². The molecule has 0 bridgehead atoms. The first kappa shape index (κ1) is 17.2. The zero-order valence-corrected chi connectivity index (χ0v) is 15.1. The quantitative estimate of drug-likeness (QED) is 0.618. The van der Waals surface area contributed by atoms with Crippen molar-refractivity contribution in [3.63, 3.8) is 0 Å². The topological polar surface area (TPSA) is 56.1 Å². The van der Waals surface area contributed by atoms with Crippen LogP contribution in [0.1, 0.15) is 15.9 Å². The fraction of sp³-hybridized carbons (Fsp3) is 0.158. The molecule has 128 valence electrons. The number of hydrogen-bond donors (Lipinski definition) is 1. The largest absolute Gasteiger partial charge is 0.492 e. The van der Waals surface area contributed by atoms with Crippen LogP contribution in [0.25, 0.3) is 0 Å². The van der Waals surface area contributed by atoms with Crippen molar-refractivity contribution in [2.45, 2.75) is 6.54 Å². The molecule has 0 saturated heterocycles. The lowest BCUT2D eigenvalue weighted by molar-refractivity contribution is 0.0947. The molecule has 0 fully saturated rings. The molecular formula is C19H18BrN3O2. The van der Waals surface area contributed by atoms with E-state index in [4.69, 9.17) is 4.74 Å². The average Bonchev–Trinajstić information content (AvgIpc) is 3.12. The minimum Gasteiger partial charge on any atom is -0.492 e. The number of carbonyl (C=O) groups is 1. The van der Waals surface area contributed by atoms with Gasteiger partial charge < -0.3 is 14.6 Å². The van der Waals surface area contributed by atoms with Crippen molar-refractivity contribution < 1.29 is 9.53 Å². The molecule has 3 aromatic rings. The predicted octanol–water partition coefficient (Wildman–Crippen LogP) is 3.50. The normalized spacial score (nSPS) is 10.4. The molecule has 1 aromatic heterocycles. The van der Waals surface area contributed by atoms with E-state index in [0.29, 0.717) is 18.7 Å². The van der Waals surface area contributed by atoms with E-state index >= 15 is 0 Å². The summed E-state index contributed by atoms with van der Waals surface area (Å²) in [5.74, 6) is 0.666. The number of nitrogens with zero attached hydrogens (tertiary/aromatic N) is 2. The van der Waals surface area contributed by atoms with Crippen LogP contribution in [0.2, 0.25) is 0 Å². The third-order valence-corrected chi connectivity index (χ3v) is 4.09. The summed E-state index contributed by atoms with van der Waals surface area (Å²) in [6.07, 6.45) is 5.43. The third-order valence-electron chi connectivity index (χ3n) is 3.59. The summed E-state index contributed by atoms with van der Waals surface area (Å²) in [5, 5.41) is 2.86. The van der Waals surface area contributed by atoms with Gasteiger partial charge in [0.25, 0.3) is 5.91 Å². The first-order valence-corrected chi connectivity index (χ1v) is 8.71. The molecule has 5 nitrogen and oxygen atoms in total. The van der Waals surface area contributed by atoms with Crippen LogP contribution >= 0.6 is 15.9 Å². The van der Waals surface area contributed by atoms with Gasteiger partial charge in [-0.3, -0.25) is 4.79 Å². The SMILES string of the molecule is O=C(NCCOc1cccc(Br)c1)c1ccc(Cn2ccnc2)cc1. The van der Waals surface area contributed by atoms with Crippen molar-refractivity contribution in [1.29, 1.82) is 0 Å². The average molecular weight is 400 g/mol. The van der Waals surface area contributed by atoms with Crippen molar-refractivity contribution >= 4 is 21.8 Å². The van der Waals surface area contributed by atoms with E-state index in [1.165, 1.54) is 0 Å². The lowest BCUT2D eigenvalue weighted by Gasteiger charge is -2.09. The molecule has 0 unspecified atom stereocenters. The Morgan fingerprint density at radius 2 is 2.04 bits per heavy atom. The predicted molar refractivity (Wildman–Crippen MR) is 99.7 cm³/mol. The Hall–Kier alpha value is -2.60. The molecule has 1 heterocycles. The zero-order valence-electron chi connectivity index (χ0n) is 13.6. The van der Waals surface area contributed by atoms with Crippen molar-refractivity contribution in [3.8, 4) is 5.75 Å². The molecule has 0 aliphatic carbocycles. The van der Waals surface area contributed by atoms with Gasteiger partial charge in [0.15, 0.2) is 0 Å². The van der Waals surface area contributed by atoms with E-state index < -0.39 is 0 Å². The Labute approximate surface area is 154 Å². The standard InChI is InChI=1S/C19H18BrN3O2/c20-17-2-1-3-18(12-17)25-11-9-22-19(24)16-6-4-15(5-7-16)13-23-10-8-21-14-23/h1-8,10,12,14H,9,11,13H2,(H,22,24). The number of amides is 1. The summed E-state index contributed by atoms with van der Waals surface area (Å²) in [5.41, 5.74) is 1.75. The molecular weight excluding hydrogens is 382 g/mol. The monoisotopic (exact) mass is 399 g/mol. The molecule has 0 aliphatic heterocycles. The number of aromatic nitrogens is 2. The first-order chi connectivity index (χ1) is 12.2. The molecule has 2 aromatic carbocycles. The molecule has 0 saturated carbocycles. The number of hydrogen-bond acceptors (Lipinski definition) is 3. The molecule has 1 amide bonds. The fourth-order valence-corrected chi connectivity index (χ4v) is 2.72. The number of halogens is 1. The summed E-state index contributed by atoms with van der Waals surface area (Å²) in [7, 11) is 0. The van der Waals surface area contributed by atoms with Crippen LogP contribution in [0.4, 0.5) is 0 Å². The van der Waals surface area contributed by atoms with Crippen LogP contribution in [0, 0.1) is 0 Å². The maximum atomic E-state index is 12.1. The van der Waals surface area contributed by atoms with E-state index in [-0.39, 0.29) is 5.91 Å². The number of carbonyl (C=O) groups excluding carboxylic acids is 1. The zero-order chi connectivity index (χ0) is 17.5. The van der Waals surface area contributed by atoms with E-state index in [1.807, 2.05) is 59.3 Å². The van der Waals surface area contributed by atoms with Crippen LogP contribution in [0.15, 0.2) is 71.7 Å². The third kappa shape index (κ3) is 5.19. The van der Waals surface area contributed by atoms with Gasteiger partial charge in [-0.25, -0.2) is 4.98 Å². The van der Waals surface area contributed by atoms with E-state index in [1.54, 1.807) is 12.5 Å². The van der Waals surface area contributed by atoms with Crippen LogP contribution in [-0.2, 0) is 6.54 Å². The van der Waals surface area contributed by atoms with Gasteiger partial charge in [0.2, 0.25) is 0 Å². The summed E-state index contributed by atoms with van der Waals surface area (Å²) in [4.78, 5) is 16.2. The Kier molecular flexibility index (Phi) is 5.85. The maximum absolute atomic E-state index is 12.1. The first-order valence-electron chi connectivity index (χ1n) is 7.92. The van der Waals surface area contributed by atoms with Gasteiger partial charge in [-0.05, 0) is 35.9 Å². The number of nitrogens with one attached hydrogen (secondary N) is 1. The second-order valence-corrected chi connectivity index (χ2v) is 6.41. The van der Waals surface area contributed by atoms with Crippen molar-refractivity contribution in [2.75, 3.05) is 13.2 Å². The number of ether oxygens (including phenoxy) is 1. The fourth-order valence-electron chi connectivity index (χ4n) is 2.34. The van der Waals surface area contributed by atoms with Crippen LogP contribution in [0.3, 0.4) is 0 Å². The van der Waals surface area contributed by atoms with Gasteiger partial charge in [-0.2, -0.15) is 0 Å². The molecule has 25 heavy (non-hydrogen) atoms. The molecule has 0 radical (unpaired) electrons. The van der Waals surface area contributed by atoms with Crippen molar-refractivity contribution in [2.24, 2.45) is 0 Å². The van der Waals surface area contributed by atoms with Gasteiger partial charge in [0.1, 0.15) is 12.4 Å². The Morgan fingerprint density at radius 3 is 2.76 bits per heavy atom. The highest BCUT2D eigenvalue weighted by atomic mass is 79.9. The van der Waals surface area contributed by atoms with Gasteiger partial charge >= 0.3 is 0 Å². The Balaban J connectivity index is 1.45. The number of benzene rings is 2. The van der Waals surface area contributed by atoms with Crippen molar-refractivity contribution in [3.05, 3.63) is 82.9 Å².